The lowest BCUT2D eigenvalue weighted by molar-refractivity contribution is -0.117. The number of hydrogen-bond acceptors (Lipinski definition) is 3. The van der Waals surface area contributed by atoms with Crippen LogP contribution < -0.4 is 10.6 Å². The molecule has 0 bridgehead atoms. The van der Waals surface area contributed by atoms with Gasteiger partial charge < -0.3 is 10.6 Å². The predicted octanol–water partition coefficient (Wildman–Crippen LogP) is 1.45. The molecule has 5 heteroatoms. The van der Waals surface area contributed by atoms with Gasteiger partial charge in [0.05, 0.1) is 12.2 Å². The Morgan fingerprint density at radius 2 is 2.05 bits per heavy atom. The fourth-order valence-electron chi connectivity index (χ4n) is 2.34. The van der Waals surface area contributed by atoms with Crippen LogP contribution in [0, 0.1) is 5.82 Å². The van der Waals surface area contributed by atoms with Crippen LogP contribution in [0.3, 0.4) is 0 Å². The molecule has 2 rings (SSSR count). The van der Waals surface area contributed by atoms with Gasteiger partial charge in [-0.3, -0.25) is 9.69 Å². The Hall–Kier alpha value is -1.46. The quantitative estimate of drug-likeness (QED) is 0.866. The number of carbonyl (C=O) groups is 1. The Balaban J connectivity index is 1.81. The molecule has 2 N–H and O–H groups in total. The second-order valence-electron chi connectivity index (χ2n) is 4.87. The average Bonchev–Trinajstić information content (AvgIpc) is 2.42. The van der Waals surface area contributed by atoms with Crippen molar-refractivity contribution in [2.24, 2.45) is 0 Å². The Kier molecular flexibility index (Phi) is 4.87. The maximum absolute atomic E-state index is 13.4. The van der Waals surface area contributed by atoms with E-state index in [0.29, 0.717) is 12.6 Å². The number of para-hydroxylation sites is 1. The highest BCUT2D eigenvalue weighted by Gasteiger charge is 2.19. The number of amides is 1. The number of anilines is 1. The van der Waals surface area contributed by atoms with Gasteiger partial charge in [-0.15, -0.1) is 0 Å². The lowest BCUT2D eigenvalue weighted by Gasteiger charge is -2.31. The molecule has 0 radical (unpaired) electrons. The van der Waals surface area contributed by atoms with Crippen LogP contribution in [0.1, 0.15) is 12.8 Å². The van der Waals surface area contributed by atoms with Crippen molar-refractivity contribution in [1.82, 2.24) is 10.2 Å². The first-order chi connectivity index (χ1) is 9.19. The molecule has 0 aromatic heterocycles. The van der Waals surface area contributed by atoms with Crippen LogP contribution in [-0.2, 0) is 4.79 Å². The number of halogens is 1. The Labute approximate surface area is 113 Å². The average molecular weight is 265 g/mol. The summed E-state index contributed by atoms with van der Waals surface area (Å²) in [5, 5.41) is 5.86. The molecule has 0 atom stereocenters. The van der Waals surface area contributed by atoms with Gasteiger partial charge >= 0.3 is 0 Å². The molecule has 1 saturated heterocycles. The zero-order valence-corrected chi connectivity index (χ0v) is 11.2. The highest BCUT2D eigenvalue weighted by atomic mass is 19.1. The van der Waals surface area contributed by atoms with E-state index < -0.39 is 5.82 Å². The number of nitrogens with zero attached hydrogens (tertiary/aromatic N) is 1. The fraction of sp³-hybridized carbons (Fsp3) is 0.500. The molecule has 1 aliphatic rings. The van der Waals surface area contributed by atoms with Gasteiger partial charge in [-0.2, -0.15) is 0 Å². The van der Waals surface area contributed by atoms with E-state index in [1.807, 2.05) is 7.05 Å². The molecule has 104 valence electrons. The van der Waals surface area contributed by atoms with Crippen molar-refractivity contribution in [3.05, 3.63) is 30.1 Å². The monoisotopic (exact) mass is 265 g/mol. The first-order valence-electron chi connectivity index (χ1n) is 6.63. The van der Waals surface area contributed by atoms with E-state index in [4.69, 9.17) is 0 Å². The van der Waals surface area contributed by atoms with E-state index in [1.54, 1.807) is 18.2 Å². The zero-order valence-electron chi connectivity index (χ0n) is 11.2. The van der Waals surface area contributed by atoms with Gasteiger partial charge in [-0.25, -0.2) is 4.39 Å². The second kappa shape index (κ2) is 6.63. The summed E-state index contributed by atoms with van der Waals surface area (Å²) in [7, 11) is 1.96. The molecule has 1 aromatic rings. The summed E-state index contributed by atoms with van der Waals surface area (Å²) in [6.45, 7) is 2.12. The van der Waals surface area contributed by atoms with Crippen LogP contribution in [0.5, 0.6) is 0 Å². The van der Waals surface area contributed by atoms with Crippen LogP contribution in [0.2, 0.25) is 0 Å². The third kappa shape index (κ3) is 4.01. The first-order valence-corrected chi connectivity index (χ1v) is 6.63. The van der Waals surface area contributed by atoms with Gasteiger partial charge in [-0.05, 0) is 32.0 Å². The number of rotatable bonds is 4. The smallest absolute Gasteiger partial charge is 0.238 e. The maximum Gasteiger partial charge on any atom is 0.238 e. The minimum absolute atomic E-state index is 0.159. The van der Waals surface area contributed by atoms with Crippen molar-refractivity contribution in [2.45, 2.75) is 18.9 Å². The standard InChI is InChI=1S/C14H20FN3O/c1-16-11-6-8-18(9-7-11)10-14(19)17-13-5-3-2-4-12(13)15/h2-5,11,16H,6-10H2,1H3,(H,17,19). The summed E-state index contributed by atoms with van der Waals surface area (Å²) < 4.78 is 13.4. The summed E-state index contributed by atoms with van der Waals surface area (Å²) in [6, 6.07) is 6.77. The minimum Gasteiger partial charge on any atom is -0.322 e. The normalized spacial score (nSPS) is 17.4. The number of benzene rings is 1. The summed E-state index contributed by atoms with van der Waals surface area (Å²) in [5.74, 6) is -0.558. The zero-order chi connectivity index (χ0) is 13.7. The number of hydrogen-bond donors (Lipinski definition) is 2. The molecule has 1 amide bonds. The lowest BCUT2D eigenvalue weighted by Crippen LogP contribution is -2.44. The Bertz CT molecular complexity index is 430. The molecule has 0 unspecified atom stereocenters. The third-order valence-electron chi connectivity index (χ3n) is 3.51. The van der Waals surface area contributed by atoms with Crippen molar-refractivity contribution in [3.8, 4) is 0 Å². The molecular weight excluding hydrogens is 245 g/mol. The SMILES string of the molecule is CNC1CCN(CC(=O)Nc2ccccc2F)CC1. The van der Waals surface area contributed by atoms with Crippen LogP contribution in [0.25, 0.3) is 0 Å². The van der Waals surface area contributed by atoms with E-state index in [9.17, 15) is 9.18 Å². The topological polar surface area (TPSA) is 44.4 Å². The van der Waals surface area contributed by atoms with Crippen LogP contribution in [0.15, 0.2) is 24.3 Å². The minimum atomic E-state index is -0.398. The molecule has 1 heterocycles. The van der Waals surface area contributed by atoms with Gasteiger partial charge in [0.2, 0.25) is 5.91 Å². The maximum atomic E-state index is 13.4. The summed E-state index contributed by atoms with van der Waals surface area (Å²) in [6.07, 6.45) is 2.09. The van der Waals surface area contributed by atoms with Crippen molar-refractivity contribution >= 4 is 11.6 Å². The van der Waals surface area contributed by atoms with E-state index in [2.05, 4.69) is 15.5 Å². The number of likely N-dealkylation sites (tertiary alicyclic amines) is 1. The van der Waals surface area contributed by atoms with E-state index in [-0.39, 0.29) is 11.6 Å². The molecule has 1 aromatic carbocycles. The van der Waals surface area contributed by atoms with E-state index >= 15 is 0 Å². The molecule has 4 nitrogen and oxygen atoms in total. The number of piperidine rings is 1. The largest absolute Gasteiger partial charge is 0.322 e. The predicted molar refractivity (Wildman–Crippen MR) is 73.6 cm³/mol. The molecule has 19 heavy (non-hydrogen) atoms. The van der Waals surface area contributed by atoms with Crippen molar-refractivity contribution in [1.29, 1.82) is 0 Å². The highest BCUT2D eigenvalue weighted by Crippen LogP contribution is 2.13. The lowest BCUT2D eigenvalue weighted by atomic mass is 10.1. The van der Waals surface area contributed by atoms with Crippen LogP contribution in [0.4, 0.5) is 10.1 Å². The first kappa shape index (κ1) is 14.0. The summed E-state index contributed by atoms with van der Waals surface area (Å²) in [5.41, 5.74) is 0.248. The van der Waals surface area contributed by atoms with Gasteiger partial charge in [0.1, 0.15) is 5.82 Å². The van der Waals surface area contributed by atoms with Crippen molar-refractivity contribution in [3.63, 3.8) is 0 Å². The van der Waals surface area contributed by atoms with E-state index in [0.717, 1.165) is 25.9 Å². The van der Waals surface area contributed by atoms with Crippen molar-refractivity contribution in [2.75, 3.05) is 32.0 Å². The molecule has 1 aliphatic heterocycles. The van der Waals surface area contributed by atoms with Gasteiger partial charge in [0.15, 0.2) is 0 Å². The number of nitrogens with one attached hydrogen (secondary N) is 2. The fourth-order valence-corrected chi connectivity index (χ4v) is 2.34. The summed E-state index contributed by atoms with van der Waals surface area (Å²) >= 11 is 0. The van der Waals surface area contributed by atoms with Crippen LogP contribution in [-0.4, -0.2) is 43.5 Å². The highest BCUT2D eigenvalue weighted by molar-refractivity contribution is 5.92. The Morgan fingerprint density at radius 3 is 2.68 bits per heavy atom. The van der Waals surface area contributed by atoms with Crippen LogP contribution >= 0.6 is 0 Å². The third-order valence-corrected chi connectivity index (χ3v) is 3.51. The Morgan fingerprint density at radius 1 is 1.37 bits per heavy atom. The van der Waals surface area contributed by atoms with Crippen molar-refractivity contribution < 1.29 is 9.18 Å². The van der Waals surface area contributed by atoms with Gasteiger partial charge in [-0.1, -0.05) is 12.1 Å². The number of carbonyl (C=O) groups excluding carboxylic acids is 1. The molecular formula is C14H20FN3O. The molecule has 0 aliphatic carbocycles. The summed E-state index contributed by atoms with van der Waals surface area (Å²) in [4.78, 5) is 14.0. The van der Waals surface area contributed by atoms with Gasteiger partial charge in [0.25, 0.3) is 0 Å². The van der Waals surface area contributed by atoms with E-state index in [1.165, 1.54) is 6.07 Å². The molecule has 1 fully saturated rings. The van der Waals surface area contributed by atoms with Gasteiger partial charge in [0, 0.05) is 19.1 Å². The molecule has 0 saturated carbocycles. The molecule has 0 spiro atoms. The second-order valence-corrected chi connectivity index (χ2v) is 4.87.